The molecule has 0 spiro atoms. The van der Waals surface area contributed by atoms with E-state index in [2.05, 4.69) is 37.4 Å². The van der Waals surface area contributed by atoms with Crippen LogP contribution >= 0.6 is 0 Å². The number of hydrogen-bond acceptors (Lipinski definition) is 4. The zero-order valence-electron chi connectivity index (χ0n) is 33.7. The van der Waals surface area contributed by atoms with E-state index in [1.165, 1.54) is 148 Å². The van der Waals surface area contributed by atoms with Crippen molar-refractivity contribution < 1.29 is 24.2 Å². The summed E-state index contributed by atoms with van der Waals surface area (Å²) in [7, 11) is 0. The second-order valence-electron chi connectivity index (χ2n) is 15.0. The molecule has 0 bridgehead atoms. The largest absolute Gasteiger partial charge is 0.480 e. The summed E-state index contributed by atoms with van der Waals surface area (Å²) in [4.78, 5) is 34.9. The molecule has 0 aliphatic rings. The summed E-state index contributed by atoms with van der Waals surface area (Å²) >= 11 is 0. The van der Waals surface area contributed by atoms with Gasteiger partial charge in [-0.15, -0.1) is 0 Å². The lowest BCUT2D eigenvalue weighted by Crippen LogP contribution is -2.28. The maximum absolute atomic E-state index is 12.7. The Labute approximate surface area is 315 Å². The van der Waals surface area contributed by atoms with Gasteiger partial charge in [-0.3, -0.25) is 14.4 Å². The first-order chi connectivity index (χ1) is 25.0. The molecule has 6 nitrogen and oxygen atoms in total. The summed E-state index contributed by atoms with van der Waals surface area (Å²) in [5, 5.41) is 11.1. The highest BCUT2D eigenvalue weighted by Gasteiger charge is 2.12. The van der Waals surface area contributed by atoms with Crippen molar-refractivity contribution in [2.45, 2.75) is 238 Å². The lowest BCUT2D eigenvalue weighted by atomic mass is 10.0. The number of aliphatic carboxylic acids is 1. The molecule has 0 aromatic carbocycles. The van der Waals surface area contributed by atoms with Crippen molar-refractivity contribution in [3.8, 4) is 0 Å². The standard InChI is InChI=1S/C45H83NO5/c1-3-5-7-9-11-13-14-15-16-17-18-19-20-21-22-23-24-25-26-28-30-36-40-45(50)51-42(37-33-29-27-12-10-8-6-4-2)38-34-31-32-35-39-43(47)46-41-44(48)49/h12,27,33,37,42H,3-11,13-26,28-32,34-36,38-41H2,1-2H3,(H,46,47)(H,48,49)/b27-12-,37-33-. The number of allylic oxidation sites excluding steroid dienone is 3. The van der Waals surface area contributed by atoms with E-state index >= 15 is 0 Å². The highest BCUT2D eigenvalue weighted by molar-refractivity contribution is 5.80. The average Bonchev–Trinajstić information content (AvgIpc) is 3.11. The summed E-state index contributed by atoms with van der Waals surface area (Å²) in [6.45, 7) is 4.18. The SMILES string of the molecule is CCCCC/C=C\C/C=C\C(CCCCCCC(=O)NCC(=O)O)OC(=O)CCCCCCCCCCCCCCCCCCCCCCCC. The summed E-state index contributed by atoms with van der Waals surface area (Å²) in [6.07, 6.45) is 49.1. The van der Waals surface area contributed by atoms with Gasteiger partial charge in [-0.05, 0) is 51.0 Å². The van der Waals surface area contributed by atoms with Crippen LogP contribution in [0.4, 0.5) is 0 Å². The van der Waals surface area contributed by atoms with E-state index in [4.69, 9.17) is 9.84 Å². The van der Waals surface area contributed by atoms with Gasteiger partial charge in [0.2, 0.25) is 5.91 Å². The Morgan fingerprint density at radius 2 is 0.961 bits per heavy atom. The minimum atomic E-state index is -1.03. The zero-order valence-corrected chi connectivity index (χ0v) is 33.7. The first-order valence-electron chi connectivity index (χ1n) is 22.0. The molecule has 0 aliphatic heterocycles. The fourth-order valence-electron chi connectivity index (χ4n) is 6.58. The van der Waals surface area contributed by atoms with Crippen LogP contribution < -0.4 is 5.32 Å². The molecule has 0 radical (unpaired) electrons. The van der Waals surface area contributed by atoms with Crippen LogP contribution in [0.5, 0.6) is 0 Å². The minimum absolute atomic E-state index is 0.0944. The van der Waals surface area contributed by atoms with Crippen molar-refractivity contribution in [1.29, 1.82) is 0 Å². The van der Waals surface area contributed by atoms with Gasteiger partial charge in [-0.1, -0.05) is 193 Å². The number of nitrogens with one attached hydrogen (secondary N) is 1. The van der Waals surface area contributed by atoms with Gasteiger partial charge in [0.15, 0.2) is 0 Å². The smallest absolute Gasteiger partial charge is 0.322 e. The van der Waals surface area contributed by atoms with Crippen LogP contribution in [0.2, 0.25) is 0 Å². The predicted molar refractivity (Wildman–Crippen MR) is 217 cm³/mol. The Bertz CT molecular complexity index is 838. The highest BCUT2D eigenvalue weighted by Crippen LogP contribution is 2.17. The van der Waals surface area contributed by atoms with Crippen LogP contribution in [-0.2, 0) is 19.1 Å². The van der Waals surface area contributed by atoms with Gasteiger partial charge in [-0.25, -0.2) is 0 Å². The van der Waals surface area contributed by atoms with Gasteiger partial charge in [0, 0.05) is 12.8 Å². The number of amides is 1. The van der Waals surface area contributed by atoms with Crippen molar-refractivity contribution in [2.75, 3.05) is 6.54 Å². The Morgan fingerprint density at radius 3 is 1.45 bits per heavy atom. The van der Waals surface area contributed by atoms with Gasteiger partial charge in [0.25, 0.3) is 0 Å². The number of esters is 1. The third-order valence-corrected chi connectivity index (χ3v) is 9.86. The Kier molecular flexibility index (Phi) is 39.0. The molecule has 0 aromatic rings. The van der Waals surface area contributed by atoms with Crippen LogP contribution in [0.1, 0.15) is 232 Å². The molecule has 0 rings (SSSR count). The number of ether oxygens (including phenoxy) is 1. The van der Waals surface area contributed by atoms with E-state index in [1.807, 2.05) is 6.08 Å². The van der Waals surface area contributed by atoms with Crippen LogP contribution in [0, 0.1) is 0 Å². The third-order valence-electron chi connectivity index (χ3n) is 9.86. The maximum atomic E-state index is 12.7. The van der Waals surface area contributed by atoms with Crippen molar-refractivity contribution in [3.63, 3.8) is 0 Å². The molecule has 0 aliphatic carbocycles. The second-order valence-corrected chi connectivity index (χ2v) is 15.0. The minimum Gasteiger partial charge on any atom is -0.480 e. The Morgan fingerprint density at radius 1 is 0.529 bits per heavy atom. The van der Waals surface area contributed by atoms with E-state index in [0.717, 1.165) is 57.8 Å². The summed E-state index contributed by atoms with van der Waals surface area (Å²) in [5.74, 6) is -1.34. The van der Waals surface area contributed by atoms with Gasteiger partial charge in [0.05, 0.1) is 0 Å². The molecule has 1 amide bonds. The molecule has 6 heteroatoms. The number of carbonyl (C=O) groups excluding carboxylic acids is 2. The van der Waals surface area contributed by atoms with Crippen LogP contribution in [-0.4, -0.2) is 35.6 Å². The van der Waals surface area contributed by atoms with E-state index in [1.54, 1.807) is 0 Å². The van der Waals surface area contributed by atoms with Gasteiger partial charge < -0.3 is 15.2 Å². The van der Waals surface area contributed by atoms with Crippen LogP contribution in [0.25, 0.3) is 0 Å². The number of hydrogen-bond donors (Lipinski definition) is 2. The normalized spacial score (nSPS) is 12.2. The summed E-state index contributed by atoms with van der Waals surface area (Å²) in [6, 6.07) is 0. The van der Waals surface area contributed by atoms with Gasteiger partial charge in [0.1, 0.15) is 12.6 Å². The quantitative estimate of drug-likeness (QED) is 0.0374. The lowest BCUT2D eigenvalue weighted by Gasteiger charge is -2.14. The Hall–Kier alpha value is -2.11. The van der Waals surface area contributed by atoms with E-state index < -0.39 is 5.97 Å². The lowest BCUT2D eigenvalue weighted by molar-refractivity contribution is -0.147. The van der Waals surface area contributed by atoms with E-state index in [9.17, 15) is 14.4 Å². The van der Waals surface area contributed by atoms with Crippen molar-refractivity contribution in [3.05, 3.63) is 24.3 Å². The zero-order chi connectivity index (χ0) is 37.3. The number of carboxylic acid groups (broad SMARTS) is 1. The number of rotatable bonds is 40. The molecule has 0 saturated carbocycles. The topological polar surface area (TPSA) is 92.7 Å². The van der Waals surface area contributed by atoms with Crippen LogP contribution in [0.3, 0.4) is 0 Å². The second kappa shape index (κ2) is 40.7. The molecule has 298 valence electrons. The Balaban J connectivity index is 3.93. The monoisotopic (exact) mass is 718 g/mol. The van der Waals surface area contributed by atoms with Crippen molar-refractivity contribution >= 4 is 17.8 Å². The first-order valence-corrected chi connectivity index (χ1v) is 22.0. The molecule has 2 N–H and O–H groups in total. The number of carboxylic acids is 1. The van der Waals surface area contributed by atoms with Gasteiger partial charge in [-0.2, -0.15) is 0 Å². The highest BCUT2D eigenvalue weighted by atomic mass is 16.5. The average molecular weight is 718 g/mol. The summed E-state index contributed by atoms with van der Waals surface area (Å²) < 4.78 is 5.89. The van der Waals surface area contributed by atoms with Gasteiger partial charge >= 0.3 is 11.9 Å². The number of carbonyl (C=O) groups is 3. The first kappa shape index (κ1) is 48.9. The van der Waals surface area contributed by atoms with E-state index in [-0.39, 0.29) is 24.5 Å². The molecular weight excluding hydrogens is 634 g/mol. The fourth-order valence-corrected chi connectivity index (χ4v) is 6.58. The fraction of sp³-hybridized carbons (Fsp3) is 0.844. The molecule has 1 atom stereocenters. The molecule has 51 heavy (non-hydrogen) atoms. The maximum Gasteiger partial charge on any atom is 0.322 e. The van der Waals surface area contributed by atoms with Crippen molar-refractivity contribution in [1.82, 2.24) is 5.32 Å². The number of unbranched alkanes of at least 4 members (excludes halogenated alkanes) is 27. The molecule has 1 unspecified atom stereocenters. The summed E-state index contributed by atoms with van der Waals surface area (Å²) in [5.41, 5.74) is 0. The molecular formula is C45H83NO5. The van der Waals surface area contributed by atoms with E-state index in [0.29, 0.717) is 12.8 Å². The predicted octanol–water partition coefficient (Wildman–Crippen LogP) is 13.5. The molecule has 0 saturated heterocycles. The molecule has 0 fully saturated rings. The molecule has 0 aromatic heterocycles. The van der Waals surface area contributed by atoms with Crippen molar-refractivity contribution in [2.24, 2.45) is 0 Å². The third kappa shape index (κ3) is 40.5. The van der Waals surface area contributed by atoms with Crippen LogP contribution in [0.15, 0.2) is 24.3 Å². The molecule has 0 heterocycles.